The van der Waals surface area contributed by atoms with Gasteiger partial charge in [0, 0.05) is 19.3 Å². The highest BCUT2D eigenvalue weighted by atomic mass is 35.5. The van der Waals surface area contributed by atoms with Gasteiger partial charge in [0.05, 0.1) is 6.61 Å². The number of hydrogen-bond donors (Lipinski definition) is 1. The molecular weight excluding hydrogens is 303 g/mol. The largest absolute Gasteiger partial charge is 0.481 e. The summed E-state index contributed by atoms with van der Waals surface area (Å²) in [5.41, 5.74) is 2.66. The van der Waals surface area contributed by atoms with E-state index in [1.807, 2.05) is 0 Å². The van der Waals surface area contributed by atoms with Crippen molar-refractivity contribution in [1.29, 1.82) is 0 Å². The first kappa shape index (κ1) is 19.0. The molecular formula is C14H20Cl2O4. The fourth-order valence-corrected chi connectivity index (χ4v) is 1.81. The van der Waals surface area contributed by atoms with E-state index in [-0.39, 0.29) is 24.9 Å². The topological polar surface area (TPSA) is 63.6 Å². The molecule has 0 saturated heterocycles. The maximum atomic E-state index is 11.4. The second-order valence-corrected chi connectivity index (χ2v) is 5.63. The lowest BCUT2D eigenvalue weighted by atomic mass is 9.96. The van der Waals surface area contributed by atoms with Gasteiger partial charge in [-0.25, -0.2) is 0 Å². The molecule has 0 aromatic heterocycles. The molecule has 1 unspecified atom stereocenters. The van der Waals surface area contributed by atoms with Crippen molar-refractivity contribution in [3.63, 3.8) is 0 Å². The maximum Gasteiger partial charge on any atom is 0.305 e. The summed E-state index contributed by atoms with van der Waals surface area (Å²) in [5, 5.41) is 8.64. The molecule has 0 spiro atoms. The lowest BCUT2D eigenvalue weighted by molar-refractivity contribution is -0.144. The van der Waals surface area contributed by atoms with Crippen LogP contribution in [-0.4, -0.2) is 28.5 Å². The molecule has 0 saturated carbocycles. The van der Waals surface area contributed by atoms with E-state index in [2.05, 4.69) is 12.3 Å². The Bertz CT molecular complexity index is 349. The Balaban J connectivity index is 3.84. The van der Waals surface area contributed by atoms with E-state index in [0.29, 0.717) is 32.1 Å². The van der Waals surface area contributed by atoms with Crippen molar-refractivity contribution in [2.24, 2.45) is 5.92 Å². The van der Waals surface area contributed by atoms with Gasteiger partial charge in [0.25, 0.3) is 0 Å². The van der Waals surface area contributed by atoms with Crippen molar-refractivity contribution in [1.82, 2.24) is 0 Å². The predicted octanol–water partition coefficient (Wildman–Crippen LogP) is 3.72. The molecule has 0 aliphatic carbocycles. The number of carboxylic acid groups (broad SMARTS) is 1. The van der Waals surface area contributed by atoms with E-state index >= 15 is 0 Å². The summed E-state index contributed by atoms with van der Waals surface area (Å²) in [5.74, 6) is -1.05. The second kappa shape index (κ2) is 11.8. The van der Waals surface area contributed by atoms with Gasteiger partial charge in [-0.05, 0) is 31.3 Å². The highest BCUT2D eigenvalue weighted by Crippen LogP contribution is 2.16. The minimum atomic E-state index is -0.830. The van der Waals surface area contributed by atoms with Crippen molar-refractivity contribution in [3.8, 4) is 0 Å². The third kappa shape index (κ3) is 12.1. The smallest absolute Gasteiger partial charge is 0.305 e. The number of aliphatic carboxylic acids is 1. The van der Waals surface area contributed by atoms with Crippen LogP contribution in [0.1, 0.15) is 38.5 Å². The zero-order valence-corrected chi connectivity index (χ0v) is 12.8. The first-order valence-corrected chi connectivity index (χ1v) is 7.34. The van der Waals surface area contributed by atoms with Crippen LogP contribution < -0.4 is 0 Å². The van der Waals surface area contributed by atoms with Crippen LogP contribution in [0.5, 0.6) is 0 Å². The molecule has 0 heterocycles. The quantitative estimate of drug-likeness (QED) is 0.358. The standard InChI is InChI=1S/C14H20Cl2O4/c1-2-4-11(7-8-13(17)18)5-3-6-14(19)20-10-9-12(15)16/h4,11-12H,1,3,5-10H2,(H,17,18). The molecule has 0 aliphatic heterocycles. The Labute approximate surface area is 129 Å². The van der Waals surface area contributed by atoms with Crippen LogP contribution in [0.3, 0.4) is 0 Å². The van der Waals surface area contributed by atoms with Crippen molar-refractivity contribution < 1.29 is 19.4 Å². The average molecular weight is 323 g/mol. The molecule has 4 nitrogen and oxygen atoms in total. The number of esters is 1. The molecule has 0 aromatic carbocycles. The average Bonchev–Trinajstić information content (AvgIpc) is 2.35. The lowest BCUT2D eigenvalue weighted by Crippen LogP contribution is -2.09. The number of hydrogen-bond acceptors (Lipinski definition) is 3. The maximum absolute atomic E-state index is 11.4. The summed E-state index contributed by atoms with van der Waals surface area (Å²) in [6.07, 6.45) is 4.41. The number of alkyl halides is 2. The molecule has 0 fully saturated rings. The Morgan fingerprint density at radius 3 is 2.50 bits per heavy atom. The Morgan fingerprint density at radius 1 is 1.25 bits per heavy atom. The number of carbonyl (C=O) groups is 2. The summed E-state index contributed by atoms with van der Waals surface area (Å²) in [6.45, 7) is 3.70. The van der Waals surface area contributed by atoms with E-state index in [9.17, 15) is 9.59 Å². The minimum Gasteiger partial charge on any atom is -0.481 e. The summed E-state index contributed by atoms with van der Waals surface area (Å²) in [7, 11) is 0. The van der Waals surface area contributed by atoms with Crippen LogP contribution in [0.2, 0.25) is 0 Å². The zero-order valence-electron chi connectivity index (χ0n) is 11.3. The van der Waals surface area contributed by atoms with Crippen molar-refractivity contribution >= 4 is 35.1 Å². The molecule has 114 valence electrons. The molecule has 0 bridgehead atoms. The minimum absolute atomic E-state index is 0.0754. The summed E-state index contributed by atoms with van der Waals surface area (Å²) in [4.78, 5) is 21.4. The van der Waals surface area contributed by atoms with Gasteiger partial charge < -0.3 is 9.84 Å². The third-order valence-corrected chi connectivity index (χ3v) is 3.07. The van der Waals surface area contributed by atoms with Crippen molar-refractivity contribution in [3.05, 3.63) is 18.4 Å². The van der Waals surface area contributed by atoms with Gasteiger partial charge in [-0.3, -0.25) is 9.59 Å². The van der Waals surface area contributed by atoms with Crippen molar-refractivity contribution in [2.45, 2.75) is 43.4 Å². The second-order valence-electron chi connectivity index (χ2n) is 4.36. The SMILES string of the molecule is C=C=CC(CCCC(=O)OCCC(Cl)Cl)CCC(=O)O. The van der Waals surface area contributed by atoms with E-state index in [1.165, 1.54) is 0 Å². The monoisotopic (exact) mass is 322 g/mol. The Kier molecular flexibility index (Phi) is 11.3. The fraction of sp³-hybridized carbons (Fsp3) is 0.643. The molecule has 0 radical (unpaired) electrons. The van der Waals surface area contributed by atoms with Gasteiger partial charge in [-0.15, -0.1) is 28.9 Å². The number of allylic oxidation sites excluding steroid dienone is 1. The van der Waals surface area contributed by atoms with E-state index < -0.39 is 10.8 Å². The van der Waals surface area contributed by atoms with Crippen LogP contribution in [0, 0.1) is 5.92 Å². The van der Waals surface area contributed by atoms with Crippen LogP contribution in [-0.2, 0) is 14.3 Å². The Hall–Kier alpha value is -0.960. The van der Waals surface area contributed by atoms with Crippen LogP contribution >= 0.6 is 23.2 Å². The van der Waals surface area contributed by atoms with Gasteiger partial charge in [-0.1, -0.05) is 6.58 Å². The number of carbonyl (C=O) groups excluding carboxylic acids is 1. The fourth-order valence-electron chi connectivity index (χ4n) is 1.63. The molecule has 0 amide bonds. The van der Waals surface area contributed by atoms with Crippen LogP contribution in [0.4, 0.5) is 0 Å². The number of carboxylic acids is 1. The molecule has 0 rings (SSSR count). The van der Waals surface area contributed by atoms with E-state index in [0.717, 1.165) is 0 Å². The first-order chi connectivity index (χ1) is 9.45. The van der Waals surface area contributed by atoms with E-state index in [1.54, 1.807) is 6.08 Å². The highest BCUT2D eigenvalue weighted by Gasteiger charge is 2.10. The Morgan fingerprint density at radius 2 is 1.95 bits per heavy atom. The molecule has 0 aromatic rings. The third-order valence-electron chi connectivity index (χ3n) is 2.64. The van der Waals surface area contributed by atoms with Crippen LogP contribution in [0.15, 0.2) is 18.4 Å². The van der Waals surface area contributed by atoms with Gasteiger partial charge in [0.15, 0.2) is 0 Å². The molecule has 0 aliphatic rings. The lowest BCUT2D eigenvalue weighted by Gasteiger charge is -2.10. The first-order valence-electron chi connectivity index (χ1n) is 6.47. The number of ether oxygens (including phenoxy) is 1. The summed E-state index contributed by atoms with van der Waals surface area (Å²) in [6, 6.07) is 0. The summed E-state index contributed by atoms with van der Waals surface area (Å²) < 4.78 is 4.95. The number of halogens is 2. The summed E-state index contributed by atoms with van der Waals surface area (Å²) >= 11 is 11.0. The zero-order chi connectivity index (χ0) is 15.4. The van der Waals surface area contributed by atoms with Gasteiger partial charge in [0.2, 0.25) is 0 Å². The molecule has 1 atom stereocenters. The normalized spacial score (nSPS) is 11.8. The van der Waals surface area contributed by atoms with Gasteiger partial charge in [0.1, 0.15) is 4.84 Å². The highest BCUT2D eigenvalue weighted by molar-refractivity contribution is 6.44. The van der Waals surface area contributed by atoms with Crippen molar-refractivity contribution in [2.75, 3.05) is 6.61 Å². The predicted molar refractivity (Wildman–Crippen MR) is 79.0 cm³/mol. The van der Waals surface area contributed by atoms with E-state index in [4.69, 9.17) is 33.0 Å². The van der Waals surface area contributed by atoms with Crippen LogP contribution in [0.25, 0.3) is 0 Å². The number of rotatable bonds is 11. The molecule has 6 heteroatoms. The van der Waals surface area contributed by atoms with Gasteiger partial charge >= 0.3 is 11.9 Å². The van der Waals surface area contributed by atoms with Gasteiger partial charge in [-0.2, -0.15) is 0 Å². The molecule has 1 N–H and O–H groups in total. The molecule has 20 heavy (non-hydrogen) atoms.